The fraction of sp³-hybridized carbons (Fsp3) is 0.529. The minimum absolute atomic E-state index is 0.0714. The predicted octanol–water partition coefficient (Wildman–Crippen LogP) is 3.21. The van der Waals surface area contributed by atoms with E-state index in [-0.39, 0.29) is 17.2 Å². The smallest absolute Gasteiger partial charge is 0.306 e. The highest BCUT2D eigenvalue weighted by Gasteiger charge is 2.14. The molecule has 0 heterocycles. The van der Waals surface area contributed by atoms with Gasteiger partial charge < -0.3 is 10.4 Å². The van der Waals surface area contributed by atoms with Gasteiger partial charge in [-0.1, -0.05) is 39.8 Å². The van der Waals surface area contributed by atoms with Crippen LogP contribution in [0.5, 0.6) is 0 Å². The third-order valence-corrected chi connectivity index (χ3v) is 3.53. The third-order valence-electron chi connectivity index (χ3n) is 3.53. The minimum atomic E-state index is -0.793. The monoisotopic (exact) mass is 291 g/mol. The lowest BCUT2D eigenvalue weighted by atomic mass is 9.87. The quantitative estimate of drug-likeness (QED) is 0.791. The molecule has 0 aliphatic rings. The van der Waals surface area contributed by atoms with E-state index < -0.39 is 5.97 Å². The maximum absolute atomic E-state index is 12.0. The molecule has 116 valence electrons. The first-order chi connectivity index (χ1) is 9.71. The Kier molecular flexibility index (Phi) is 5.94. The van der Waals surface area contributed by atoms with E-state index in [4.69, 9.17) is 5.11 Å². The third kappa shape index (κ3) is 5.58. The number of hydrogen-bond donors (Lipinski definition) is 2. The number of aliphatic carboxylic acids is 1. The molecular weight excluding hydrogens is 266 g/mol. The van der Waals surface area contributed by atoms with Gasteiger partial charge in [0.1, 0.15) is 0 Å². The van der Waals surface area contributed by atoms with Gasteiger partial charge in [-0.05, 0) is 36.0 Å². The second kappa shape index (κ2) is 7.25. The summed E-state index contributed by atoms with van der Waals surface area (Å²) in [6, 6.07) is 7.61. The SMILES string of the molecule is CC(CCCNC(=O)c1ccc(C(C)(C)C)cc1)C(=O)O. The normalized spacial score (nSPS) is 12.8. The second-order valence-corrected chi connectivity index (χ2v) is 6.46. The van der Waals surface area contributed by atoms with Gasteiger partial charge in [0.15, 0.2) is 0 Å². The minimum Gasteiger partial charge on any atom is -0.481 e. The number of carbonyl (C=O) groups is 2. The molecule has 0 radical (unpaired) electrons. The fourth-order valence-electron chi connectivity index (χ4n) is 1.96. The molecule has 4 nitrogen and oxygen atoms in total. The maximum Gasteiger partial charge on any atom is 0.306 e. The molecule has 0 spiro atoms. The number of carbonyl (C=O) groups excluding carboxylic acids is 1. The van der Waals surface area contributed by atoms with E-state index >= 15 is 0 Å². The van der Waals surface area contributed by atoms with Crippen LogP contribution in [-0.2, 0) is 10.2 Å². The number of amides is 1. The lowest BCUT2D eigenvalue weighted by molar-refractivity contribution is -0.141. The number of benzene rings is 1. The highest BCUT2D eigenvalue weighted by Crippen LogP contribution is 2.22. The molecule has 0 bridgehead atoms. The van der Waals surface area contributed by atoms with Gasteiger partial charge in [0.2, 0.25) is 0 Å². The molecule has 0 fully saturated rings. The first-order valence-corrected chi connectivity index (χ1v) is 7.33. The van der Waals surface area contributed by atoms with Crippen molar-refractivity contribution < 1.29 is 14.7 Å². The average Bonchev–Trinajstić information content (AvgIpc) is 2.42. The van der Waals surface area contributed by atoms with Crippen molar-refractivity contribution in [2.45, 2.75) is 46.0 Å². The van der Waals surface area contributed by atoms with E-state index in [9.17, 15) is 9.59 Å². The van der Waals surface area contributed by atoms with Crippen LogP contribution in [0.2, 0.25) is 0 Å². The summed E-state index contributed by atoms with van der Waals surface area (Å²) >= 11 is 0. The van der Waals surface area contributed by atoms with E-state index in [2.05, 4.69) is 26.1 Å². The fourth-order valence-corrected chi connectivity index (χ4v) is 1.96. The molecule has 2 N–H and O–H groups in total. The van der Waals surface area contributed by atoms with Gasteiger partial charge in [0.25, 0.3) is 5.91 Å². The Bertz CT molecular complexity index is 486. The molecule has 21 heavy (non-hydrogen) atoms. The molecule has 1 aromatic rings. The summed E-state index contributed by atoms with van der Waals surface area (Å²) in [6.07, 6.45) is 1.23. The molecule has 1 aromatic carbocycles. The highest BCUT2D eigenvalue weighted by molar-refractivity contribution is 5.94. The van der Waals surface area contributed by atoms with Crippen molar-refractivity contribution in [2.24, 2.45) is 5.92 Å². The highest BCUT2D eigenvalue weighted by atomic mass is 16.4. The predicted molar refractivity (Wildman–Crippen MR) is 83.5 cm³/mol. The largest absolute Gasteiger partial charge is 0.481 e. The van der Waals surface area contributed by atoms with Gasteiger partial charge in [-0.15, -0.1) is 0 Å². The van der Waals surface area contributed by atoms with Crippen LogP contribution in [0.15, 0.2) is 24.3 Å². The first-order valence-electron chi connectivity index (χ1n) is 7.33. The first kappa shape index (κ1) is 17.2. The zero-order valence-electron chi connectivity index (χ0n) is 13.3. The van der Waals surface area contributed by atoms with Crippen LogP contribution in [0.25, 0.3) is 0 Å². The summed E-state index contributed by atoms with van der Waals surface area (Å²) in [5.74, 6) is -1.27. The molecule has 1 amide bonds. The Labute approximate surface area is 126 Å². The van der Waals surface area contributed by atoms with E-state index in [0.29, 0.717) is 24.9 Å². The van der Waals surface area contributed by atoms with E-state index in [1.54, 1.807) is 6.92 Å². The molecule has 0 aliphatic carbocycles. The van der Waals surface area contributed by atoms with Gasteiger partial charge in [0.05, 0.1) is 5.92 Å². The van der Waals surface area contributed by atoms with E-state index in [1.165, 1.54) is 5.56 Å². The zero-order chi connectivity index (χ0) is 16.0. The van der Waals surface area contributed by atoms with Crippen LogP contribution in [0, 0.1) is 5.92 Å². The molecule has 1 unspecified atom stereocenters. The molecule has 0 saturated carbocycles. The summed E-state index contributed by atoms with van der Waals surface area (Å²) in [5.41, 5.74) is 1.89. The molecule has 0 aromatic heterocycles. The summed E-state index contributed by atoms with van der Waals surface area (Å²) in [7, 11) is 0. The number of nitrogens with one attached hydrogen (secondary N) is 1. The Balaban J connectivity index is 2.44. The van der Waals surface area contributed by atoms with Gasteiger partial charge in [0, 0.05) is 12.1 Å². The lowest BCUT2D eigenvalue weighted by Gasteiger charge is -2.19. The molecule has 0 aliphatic heterocycles. The van der Waals surface area contributed by atoms with Crippen LogP contribution in [0.3, 0.4) is 0 Å². The Morgan fingerprint density at radius 2 is 1.76 bits per heavy atom. The summed E-state index contributed by atoms with van der Waals surface area (Å²) in [4.78, 5) is 22.6. The summed E-state index contributed by atoms with van der Waals surface area (Å²) < 4.78 is 0. The molecule has 4 heteroatoms. The van der Waals surface area contributed by atoms with Crippen LogP contribution in [0.1, 0.15) is 56.5 Å². The number of carboxylic acids is 1. The standard InChI is InChI=1S/C17H25NO3/c1-12(16(20)21)6-5-11-18-15(19)13-7-9-14(10-8-13)17(2,3)4/h7-10,12H,5-6,11H2,1-4H3,(H,18,19)(H,20,21). The van der Waals surface area contributed by atoms with Crippen molar-refractivity contribution in [2.75, 3.05) is 6.54 Å². The molecular formula is C17H25NO3. The molecule has 1 rings (SSSR count). The Morgan fingerprint density at radius 1 is 1.19 bits per heavy atom. The summed E-state index contributed by atoms with van der Waals surface area (Å²) in [6.45, 7) is 8.57. The van der Waals surface area contributed by atoms with Crippen LogP contribution < -0.4 is 5.32 Å². The second-order valence-electron chi connectivity index (χ2n) is 6.46. The topological polar surface area (TPSA) is 66.4 Å². The van der Waals surface area contributed by atoms with Crippen LogP contribution >= 0.6 is 0 Å². The van der Waals surface area contributed by atoms with Crippen molar-refractivity contribution in [3.63, 3.8) is 0 Å². The number of carboxylic acid groups (broad SMARTS) is 1. The number of rotatable bonds is 6. The number of hydrogen-bond acceptors (Lipinski definition) is 2. The van der Waals surface area contributed by atoms with Crippen molar-refractivity contribution in [3.05, 3.63) is 35.4 Å². The van der Waals surface area contributed by atoms with Crippen molar-refractivity contribution in [1.82, 2.24) is 5.32 Å². The van der Waals surface area contributed by atoms with E-state index in [1.807, 2.05) is 24.3 Å². The van der Waals surface area contributed by atoms with Crippen molar-refractivity contribution >= 4 is 11.9 Å². The van der Waals surface area contributed by atoms with Gasteiger partial charge >= 0.3 is 5.97 Å². The van der Waals surface area contributed by atoms with Crippen molar-refractivity contribution in [3.8, 4) is 0 Å². The Hall–Kier alpha value is -1.84. The van der Waals surface area contributed by atoms with Crippen molar-refractivity contribution in [1.29, 1.82) is 0 Å². The lowest BCUT2D eigenvalue weighted by Crippen LogP contribution is -2.25. The summed E-state index contributed by atoms with van der Waals surface area (Å²) in [5, 5.41) is 11.6. The van der Waals surface area contributed by atoms with Gasteiger partial charge in [-0.25, -0.2) is 0 Å². The molecule has 1 atom stereocenters. The zero-order valence-corrected chi connectivity index (χ0v) is 13.3. The van der Waals surface area contributed by atoms with E-state index in [0.717, 1.165) is 0 Å². The van der Waals surface area contributed by atoms with Gasteiger partial charge in [-0.3, -0.25) is 9.59 Å². The maximum atomic E-state index is 12.0. The van der Waals surface area contributed by atoms with Crippen LogP contribution in [-0.4, -0.2) is 23.5 Å². The molecule has 0 saturated heterocycles. The average molecular weight is 291 g/mol. The van der Waals surface area contributed by atoms with Crippen LogP contribution in [0.4, 0.5) is 0 Å². The van der Waals surface area contributed by atoms with Gasteiger partial charge in [-0.2, -0.15) is 0 Å². The Morgan fingerprint density at radius 3 is 2.24 bits per heavy atom.